The van der Waals surface area contributed by atoms with Gasteiger partial charge in [0.1, 0.15) is 23.9 Å². The van der Waals surface area contributed by atoms with Gasteiger partial charge in [-0.1, -0.05) is 0 Å². The number of rotatable bonds is 7. The Kier molecular flexibility index (Phi) is 4.71. The summed E-state index contributed by atoms with van der Waals surface area (Å²) in [6.45, 7) is 2.91. The lowest BCUT2D eigenvalue weighted by atomic mass is 9.88. The van der Waals surface area contributed by atoms with E-state index >= 15 is 0 Å². The van der Waals surface area contributed by atoms with E-state index in [-0.39, 0.29) is 12.0 Å². The smallest absolute Gasteiger partial charge is 0.188 e. The van der Waals surface area contributed by atoms with Crippen LogP contribution in [0, 0.1) is 0 Å². The molecule has 2 aliphatic rings. The van der Waals surface area contributed by atoms with Crippen LogP contribution in [0.5, 0.6) is 11.5 Å². The molecule has 1 aromatic carbocycles. The third kappa shape index (κ3) is 3.48. The molecule has 8 nitrogen and oxygen atoms in total. The molecule has 4 heterocycles. The average Bonchev–Trinajstić information content (AvgIpc) is 3.51. The van der Waals surface area contributed by atoms with Gasteiger partial charge in [-0.05, 0) is 50.5 Å². The van der Waals surface area contributed by atoms with Crippen molar-refractivity contribution in [3.63, 3.8) is 0 Å². The molecular formula is C21H25N5O3. The molecule has 2 aromatic heterocycles. The zero-order valence-electron chi connectivity index (χ0n) is 16.7. The van der Waals surface area contributed by atoms with Crippen LogP contribution in [-0.2, 0) is 18.4 Å². The SMILES string of the molecule is CCOc1ccc(OCc2nc([C@@H]3C[C@@H]4CC[C@H]3O4)n(-c3ccnn3C)n2)cc1. The maximum absolute atomic E-state index is 6.06. The molecule has 8 heteroatoms. The Bertz CT molecular complexity index is 981. The predicted octanol–water partition coefficient (Wildman–Crippen LogP) is 3.01. The molecule has 0 N–H and O–H groups in total. The lowest BCUT2D eigenvalue weighted by Gasteiger charge is -2.18. The summed E-state index contributed by atoms with van der Waals surface area (Å²) in [7, 11) is 1.91. The van der Waals surface area contributed by atoms with Crippen molar-refractivity contribution in [2.24, 2.45) is 7.05 Å². The van der Waals surface area contributed by atoms with Gasteiger partial charge in [0.05, 0.1) is 25.0 Å². The number of aromatic nitrogens is 5. The summed E-state index contributed by atoms with van der Waals surface area (Å²) in [5, 5.41) is 9.03. The summed E-state index contributed by atoms with van der Waals surface area (Å²) in [5.41, 5.74) is 0. The van der Waals surface area contributed by atoms with Crippen molar-refractivity contribution in [3.05, 3.63) is 48.2 Å². The molecular weight excluding hydrogens is 370 g/mol. The van der Waals surface area contributed by atoms with Crippen molar-refractivity contribution >= 4 is 0 Å². The molecule has 0 spiro atoms. The fourth-order valence-electron chi connectivity index (χ4n) is 4.27. The molecule has 0 saturated carbocycles. The summed E-state index contributed by atoms with van der Waals surface area (Å²) in [5.74, 6) is 4.33. The molecule has 3 atom stereocenters. The van der Waals surface area contributed by atoms with Crippen molar-refractivity contribution in [1.82, 2.24) is 24.5 Å². The molecule has 0 aliphatic carbocycles. The van der Waals surface area contributed by atoms with Crippen LogP contribution < -0.4 is 9.47 Å². The molecule has 152 valence electrons. The van der Waals surface area contributed by atoms with E-state index in [9.17, 15) is 0 Å². The Hall–Kier alpha value is -2.87. The van der Waals surface area contributed by atoms with E-state index in [2.05, 4.69) is 5.10 Å². The van der Waals surface area contributed by atoms with E-state index in [0.29, 0.717) is 25.1 Å². The summed E-state index contributed by atoms with van der Waals surface area (Å²) in [6, 6.07) is 9.54. The highest BCUT2D eigenvalue weighted by molar-refractivity contribution is 5.31. The predicted molar refractivity (Wildman–Crippen MR) is 105 cm³/mol. The highest BCUT2D eigenvalue weighted by atomic mass is 16.5. The van der Waals surface area contributed by atoms with Crippen molar-refractivity contribution in [1.29, 1.82) is 0 Å². The lowest BCUT2D eigenvalue weighted by Crippen LogP contribution is -2.20. The highest BCUT2D eigenvalue weighted by Gasteiger charge is 2.44. The van der Waals surface area contributed by atoms with Gasteiger partial charge in [-0.3, -0.25) is 4.68 Å². The van der Waals surface area contributed by atoms with E-state index in [1.165, 1.54) is 0 Å². The molecule has 2 aliphatic heterocycles. The zero-order valence-corrected chi connectivity index (χ0v) is 16.7. The van der Waals surface area contributed by atoms with Gasteiger partial charge in [0.25, 0.3) is 0 Å². The van der Waals surface area contributed by atoms with Crippen LogP contribution >= 0.6 is 0 Å². The maximum Gasteiger partial charge on any atom is 0.188 e. The molecule has 0 unspecified atom stereocenters. The zero-order chi connectivity index (χ0) is 19.8. The minimum Gasteiger partial charge on any atom is -0.494 e. The Morgan fingerprint density at radius 2 is 1.90 bits per heavy atom. The van der Waals surface area contributed by atoms with Gasteiger partial charge in [-0.2, -0.15) is 9.78 Å². The summed E-state index contributed by atoms with van der Waals surface area (Å²) in [6.07, 6.45) is 5.59. The van der Waals surface area contributed by atoms with Crippen molar-refractivity contribution in [2.45, 2.75) is 50.9 Å². The standard InChI is InChI=1S/C21H25N5O3/c1-3-27-14-4-6-15(7-5-14)28-13-19-23-21(17-12-16-8-9-18(17)29-16)26(24-19)20-10-11-22-25(20)2/h4-7,10-11,16-18H,3,8-9,12-13H2,1-2H3/t16-,17+,18+/m0/s1. The Labute approximate surface area is 169 Å². The molecule has 3 aromatic rings. The highest BCUT2D eigenvalue weighted by Crippen LogP contribution is 2.44. The molecule has 2 saturated heterocycles. The normalized spacial score (nSPS) is 22.9. The van der Waals surface area contributed by atoms with Gasteiger partial charge < -0.3 is 14.2 Å². The minimum atomic E-state index is 0.232. The maximum atomic E-state index is 6.06. The lowest BCUT2D eigenvalue weighted by molar-refractivity contribution is 0.0996. The first-order valence-electron chi connectivity index (χ1n) is 10.2. The second-order valence-electron chi connectivity index (χ2n) is 7.52. The number of hydrogen-bond acceptors (Lipinski definition) is 6. The van der Waals surface area contributed by atoms with Crippen LogP contribution in [-0.4, -0.2) is 43.4 Å². The van der Waals surface area contributed by atoms with Gasteiger partial charge >= 0.3 is 0 Å². The number of nitrogens with zero attached hydrogens (tertiary/aromatic N) is 5. The fourth-order valence-corrected chi connectivity index (χ4v) is 4.27. The monoisotopic (exact) mass is 395 g/mol. The topological polar surface area (TPSA) is 76.2 Å². The number of aryl methyl sites for hydroxylation is 1. The number of fused-ring (bicyclic) bond motifs is 2. The van der Waals surface area contributed by atoms with Crippen molar-refractivity contribution in [2.75, 3.05) is 6.61 Å². The van der Waals surface area contributed by atoms with Crippen LogP contribution in [0.4, 0.5) is 0 Å². The average molecular weight is 395 g/mol. The van der Waals surface area contributed by atoms with E-state index < -0.39 is 0 Å². The summed E-state index contributed by atoms with van der Waals surface area (Å²) < 4.78 is 21.2. The van der Waals surface area contributed by atoms with E-state index in [0.717, 1.165) is 42.4 Å². The van der Waals surface area contributed by atoms with E-state index in [4.69, 9.17) is 24.3 Å². The Morgan fingerprint density at radius 3 is 2.52 bits per heavy atom. The second-order valence-corrected chi connectivity index (χ2v) is 7.52. The first-order chi connectivity index (χ1) is 14.2. The molecule has 2 bridgehead atoms. The largest absolute Gasteiger partial charge is 0.494 e. The number of hydrogen-bond donors (Lipinski definition) is 0. The van der Waals surface area contributed by atoms with Crippen LogP contribution in [0.1, 0.15) is 43.8 Å². The third-order valence-corrected chi connectivity index (χ3v) is 5.63. The van der Waals surface area contributed by atoms with E-state index in [1.807, 2.05) is 53.7 Å². The summed E-state index contributed by atoms with van der Waals surface area (Å²) in [4.78, 5) is 4.85. The molecule has 0 radical (unpaired) electrons. The van der Waals surface area contributed by atoms with E-state index in [1.54, 1.807) is 6.20 Å². The van der Waals surface area contributed by atoms with Crippen LogP contribution in [0.3, 0.4) is 0 Å². The Balaban J connectivity index is 1.38. The molecule has 2 fully saturated rings. The molecule has 0 amide bonds. The third-order valence-electron chi connectivity index (χ3n) is 5.63. The van der Waals surface area contributed by atoms with Gasteiger partial charge in [0, 0.05) is 19.0 Å². The van der Waals surface area contributed by atoms with Crippen LogP contribution in [0.2, 0.25) is 0 Å². The minimum absolute atomic E-state index is 0.232. The van der Waals surface area contributed by atoms with Crippen molar-refractivity contribution < 1.29 is 14.2 Å². The Morgan fingerprint density at radius 1 is 1.10 bits per heavy atom. The molecule has 5 rings (SSSR count). The second kappa shape index (κ2) is 7.51. The number of ether oxygens (including phenoxy) is 3. The van der Waals surface area contributed by atoms with Gasteiger partial charge in [0.15, 0.2) is 11.6 Å². The quantitative estimate of drug-likeness (QED) is 0.612. The number of benzene rings is 1. The van der Waals surface area contributed by atoms with Crippen molar-refractivity contribution in [3.8, 4) is 17.3 Å². The van der Waals surface area contributed by atoms with Gasteiger partial charge in [-0.15, -0.1) is 5.10 Å². The first kappa shape index (κ1) is 18.2. The first-order valence-corrected chi connectivity index (χ1v) is 10.2. The fraction of sp³-hybridized carbons (Fsp3) is 0.476. The van der Waals surface area contributed by atoms with Crippen LogP contribution in [0.15, 0.2) is 36.5 Å². The van der Waals surface area contributed by atoms with Gasteiger partial charge in [0.2, 0.25) is 0 Å². The summed E-state index contributed by atoms with van der Waals surface area (Å²) >= 11 is 0. The molecule has 29 heavy (non-hydrogen) atoms. The van der Waals surface area contributed by atoms with Crippen LogP contribution in [0.25, 0.3) is 5.82 Å². The van der Waals surface area contributed by atoms with Gasteiger partial charge in [-0.25, -0.2) is 4.98 Å².